The number of aryl methyl sites for hydroxylation is 2. The summed E-state index contributed by atoms with van der Waals surface area (Å²) in [6, 6.07) is 10.2. The van der Waals surface area contributed by atoms with Crippen molar-refractivity contribution < 1.29 is 33.3 Å². The monoisotopic (exact) mass is 631 g/mol. The van der Waals surface area contributed by atoms with Gasteiger partial charge in [0, 0.05) is 43.2 Å². The molecule has 1 saturated heterocycles. The fraction of sp³-hybridized carbons (Fsp3) is 0.344. The zero-order valence-corrected chi connectivity index (χ0v) is 26.2. The molecule has 0 radical (unpaired) electrons. The number of carbonyl (C=O) groups excluding carboxylic acids is 3. The van der Waals surface area contributed by atoms with Gasteiger partial charge in [-0.05, 0) is 49.2 Å². The maximum Gasteiger partial charge on any atom is 0.348 e. The summed E-state index contributed by atoms with van der Waals surface area (Å²) in [4.78, 5) is 51.0. The minimum absolute atomic E-state index is 0.206. The Morgan fingerprint density at radius 2 is 1.96 bits per heavy atom. The fourth-order valence-corrected chi connectivity index (χ4v) is 6.70. The maximum atomic E-state index is 13.7. The lowest BCUT2D eigenvalue weighted by Gasteiger charge is -2.39. The van der Waals surface area contributed by atoms with E-state index in [4.69, 9.17) is 18.9 Å². The lowest BCUT2D eigenvalue weighted by atomic mass is 10.00. The molecule has 3 aliphatic rings. The number of benzene rings is 2. The van der Waals surface area contributed by atoms with Crippen LogP contribution in [-0.4, -0.2) is 73.8 Å². The zero-order valence-electron chi connectivity index (χ0n) is 25.3. The van der Waals surface area contributed by atoms with Crippen LogP contribution in [0.5, 0.6) is 17.2 Å². The fourth-order valence-electron chi connectivity index (χ4n) is 5.64. The number of amides is 2. The van der Waals surface area contributed by atoms with Gasteiger partial charge < -0.3 is 34.5 Å². The van der Waals surface area contributed by atoms with Crippen LogP contribution in [0.2, 0.25) is 0 Å². The third-order valence-electron chi connectivity index (χ3n) is 8.07. The topological polar surface area (TPSA) is 141 Å². The number of rotatable bonds is 3. The lowest BCUT2D eigenvalue weighted by molar-refractivity contribution is -0.123. The van der Waals surface area contributed by atoms with Crippen LogP contribution in [0.25, 0.3) is 10.2 Å². The summed E-state index contributed by atoms with van der Waals surface area (Å²) in [6.45, 7) is 4.72. The first-order valence-electron chi connectivity index (χ1n) is 14.5. The standard InChI is InChI=1S/C32H33N5O7S/c1-17-5-6-19-11-24(17)43-15-26(38)33-13-20-7-8-21(12-25(20)41-3)44-23-9-10-37(14-22(23)36-30(19)39)29-27-18(2)28(32(40)42-4)45-31(27)35-16-34-29/h5-8,11-12,16,22-23H,9-10,13-15H2,1-4H3,(H,33,38)(H,36,39)/t22-,23+/m0/s1. The molecule has 0 aliphatic carbocycles. The number of thiophene rings is 1. The molecule has 2 aromatic heterocycles. The van der Waals surface area contributed by atoms with Crippen LogP contribution < -0.4 is 29.7 Å². The molecule has 13 heteroatoms. The molecule has 7 rings (SSSR count). The SMILES string of the molecule is COC(=O)c1sc2ncnc(N3CC[C@H]4Oc5ccc(c(OC)c5)CNC(=O)COc5cc(ccc5C)C(=O)N[C@H]4C3)c2c1C. The van der Waals surface area contributed by atoms with Gasteiger partial charge in [0.25, 0.3) is 11.8 Å². The first-order chi connectivity index (χ1) is 21.7. The van der Waals surface area contributed by atoms with E-state index in [2.05, 4.69) is 25.5 Å². The smallest absolute Gasteiger partial charge is 0.348 e. The second-order valence-electron chi connectivity index (χ2n) is 10.9. The number of aromatic nitrogens is 2. The third-order valence-corrected chi connectivity index (χ3v) is 9.25. The van der Waals surface area contributed by atoms with Gasteiger partial charge in [-0.25, -0.2) is 14.8 Å². The molecule has 5 heterocycles. The van der Waals surface area contributed by atoms with Crippen molar-refractivity contribution in [2.75, 3.05) is 38.8 Å². The average molecular weight is 632 g/mol. The van der Waals surface area contributed by atoms with Gasteiger partial charge in [-0.1, -0.05) is 6.07 Å². The number of methoxy groups -OCH3 is 2. The third kappa shape index (κ3) is 6.07. The van der Waals surface area contributed by atoms with Crippen molar-refractivity contribution in [1.82, 2.24) is 20.6 Å². The summed E-state index contributed by atoms with van der Waals surface area (Å²) in [5, 5.41) is 6.81. The first kappa shape index (κ1) is 30.1. The number of ether oxygens (including phenoxy) is 4. The van der Waals surface area contributed by atoms with Crippen molar-refractivity contribution in [3.8, 4) is 17.2 Å². The highest BCUT2D eigenvalue weighted by molar-refractivity contribution is 7.20. The number of carbonyl (C=O) groups is 3. The Kier molecular flexibility index (Phi) is 8.44. The molecule has 4 aromatic rings. The highest BCUT2D eigenvalue weighted by Gasteiger charge is 2.35. The van der Waals surface area contributed by atoms with Crippen molar-refractivity contribution in [3.63, 3.8) is 0 Å². The van der Waals surface area contributed by atoms with E-state index < -0.39 is 12.0 Å². The number of fused-ring (bicyclic) bond motifs is 8. The highest BCUT2D eigenvalue weighted by Crippen LogP contribution is 2.37. The Labute approximate surface area is 263 Å². The largest absolute Gasteiger partial charge is 0.496 e. The van der Waals surface area contributed by atoms with E-state index in [1.165, 1.54) is 24.8 Å². The van der Waals surface area contributed by atoms with E-state index in [9.17, 15) is 14.4 Å². The second-order valence-corrected chi connectivity index (χ2v) is 11.9. The molecule has 3 aliphatic heterocycles. The molecule has 2 amide bonds. The van der Waals surface area contributed by atoms with E-state index in [1.54, 1.807) is 31.4 Å². The molecule has 4 bridgehead atoms. The predicted octanol–water partition coefficient (Wildman–Crippen LogP) is 3.57. The second kappa shape index (κ2) is 12.6. The summed E-state index contributed by atoms with van der Waals surface area (Å²) in [6.07, 6.45) is 1.66. The van der Waals surface area contributed by atoms with E-state index in [-0.39, 0.29) is 31.1 Å². The van der Waals surface area contributed by atoms with Gasteiger partial charge >= 0.3 is 5.97 Å². The van der Waals surface area contributed by atoms with Gasteiger partial charge in [0.05, 0.1) is 25.6 Å². The molecule has 234 valence electrons. The molecule has 12 nitrogen and oxygen atoms in total. The Balaban J connectivity index is 1.37. The zero-order chi connectivity index (χ0) is 31.7. The van der Waals surface area contributed by atoms with Crippen molar-refractivity contribution in [2.45, 2.75) is 39.0 Å². The van der Waals surface area contributed by atoms with E-state index in [1.807, 2.05) is 26.0 Å². The molecular weight excluding hydrogens is 598 g/mol. The van der Waals surface area contributed by atoms with Gasteiger partial charge in [0.2, 0.25) is 0 Å². The minimum atomic E-state index is -0.453. The summed E-state index contributed by atoms with van der Waals surface area (Å²) >= 11 is 1.27. The van der Waals surface area contributed by atoms with Gasteiger partial charge in [-0.15, -0.1) is 11.3 Å². The summed E-state index contributed by atoms with van der Waals surface area (Å²) in [5.41, 5.74) is 2.72. The number of nitrogens with zero attached hydrogens (tertiary/aromatic N) is 3. The van der Waals surface area contributed by atoms with Crippen LogP contribution in [0.4, 0.5) is 5.82 Å². The molecule has 0 spiro atoms. The van der Waals surface area contributed by atoms with Crippen LogP contribution in [-0.2, 0) is 16.1 Å². The summed E-state index contributed by atoms with van der Waals surface area (Å²) in [7, 11) is 2.92. The minimum Gasteiger partial charge on any atom is -0.496 e. The summed E-state index contributed by atoms with van der Waals surface area (Å²) < 4.78 is 22.9. The average Bonchev–Trinajstić information content (AvgIpc) is 3.39. The summed E-state index contributed by atoms with van der Waals surface area (Å²) in [5.74, 6) is 1.22. The molecular formula is C32H33N5O7S. The number of hydrogen-bond acceptors (Lipinski definition) is 11. The number of hydrogen-bond donors (Lipinski definition) is 2. The molecule has 2 aromatic carbocycles. The molecule has 0 unspecified atom stereocenters. The predicted molar refractivity (Wildman–Crippen MR) is 168 cm³/mol. The molecule has 45 heavy (non-hydrogen) atoms. The molecule has 2 atom stereocenters. The molecule has 0 saturated carbocycles. The van der Waals surface area contributed by atoms with E-state index in [0.717, 1.165) is 22.1 Å². The Bertz CT molecular complexity index is 1790. The van der Waals surface area contributed by atoms with Gasteiger partial charge in [0.15, 0.2) is 6.61 Å². The van der Waals surface area contributed by atoms with Crippen molar-refractivity contribution >= 4 is 45.2 Å². The van der Waals surface area contributed by atoms with Crippen molar-refractivity contribution in [3.05, 3.63) is 69.9 Å². The quantitative estimate of drug-likeness (QED) is 0.323. The first-order valence-corrected chi connectivity index (χ1v) is 15.3. The van der Waals surface area contributed by atoms with Gasteiger partial charge in [-0.3, -0.25) is 9.59 Å². The molecule has 1 fully saturated rings. The lowest BCUT2D eigenvalue weighted by Crippen LogP contribution is -2.57. The van der Waals surface area contributed by atoms with E-state index >= 15 is 0 Å². The van der Waals surface area contributed by atoms with Crippen LogP contribution in [0.15, 0.2) is 42.7 Å². The Morgan fingerprint density at radius 1 is 1.11 bits per heavy atom. The van der Waals surface area contributed by atoms with Gasteiger partial charge in [-0.2, -0.15) is 0 Å². The van der Waals surface area contributed by atoms with E-state index in [0.29, 0.717) is 57.8 Å². The number of nitrogens with one attached hydrogen (secondary N) is 2. The van der Waals surface area contributed by atoms with Crippen LogP contribution in [0, 0.1) is 13.8 Å². The van der Waals surface area contributed by atoms with Crippen molar-refractivity contribution in [2.24, 2.45) is 0 Å². The number of anilines is 1. The Morgan fingerprint density at radius 3 is 2.76 bits per heavy atom. The van der Waals surface area contributed by atoms with Crippen LogP contribution in [0.3, 0.4) is 0 Å². The van der Waals surface area contributed by atoms with Crippen molar-refractivity contribution in [1.29, 1.82) is 0 Å². The number of piperidine rings is 1. The number of esters is 1. The van der Waals surface area contributed by atoms with Gasteiger partial charge in [0.1, 0.15) is 45.2 Å². The van der Waals surface area contributed by atoms with Crippen LogP contribution in [0.1, 0.15) is 43.1 Å². The Hall–Kier alpha value is -4.91. The normalized spacial score (nSPS) is 18.6. The highest BCUT2D eigenvalue weighted by atomic mass is 32.1. The van der Waals surface area contributed by atoms with Crippen LogP contribution >= 0.6 is 11.3 Å². The maximum absolute atomic E-state index is 13.7. The molecule has 2 N–H and O–H groups in total.